The lowest BCUT2D eigenvalue weighted by Crippen LogP contribution is -2.23. The molecule has 0 bridgehead atoms. The van der Waals surface area contributed by atoms with Gasteiger partial charge in [0.15, 0.2) is 0 Å². The highest BCUT2D eigenvalue weighted by atomic mass is 16.2. The van der Waals surface area contributed by atoms with E-state index in [0.717, 1.165) is 0 Å². The van der Waals surface area contributed by atoms with Gasteiger partial charge in [0.1, 0.15) is 0 Å². The largest absolute Gasteiger partial charge is 0.396 e. The number of hydrogen-bond donors (Lipinski definition) is 2. The molecule has 0 amide bonds. The molecule has 0 fully saturated rings. The summed E-state index contributed by atoms with van der Waals surface area (Å²) in [6.07, 6.45) is 3.19. The number of nitrogen functional groups attached to an aromatic ring is 1. The number of nitrogens with two attached hydrogens (primary N) is 2. The van der Waals surface area contributed by atoms with Gasteiger partial charge in [-0.15, -0.1) is 0 Å². The lowest BCUT2D eigenvalue weighted by molar-refractivity contribution is 0.0880. The maximum atomic E-state index is 11.2. The van der Waals surface area contributed by atoms with Crippen LogP contribution in [0.4, 0.5) is 5.69 Å². The minimum absolute atomic E-state index is 0.137. The van der Waals surface area contributed by atoms with E-state index in [1.807, 2.05) is 0 Å². The summed E-state index contributed by atoms with van der Waals surface area (Å²) in [6.45, 7) is 1.77. The quantitative estimate of drug-likeness (QED) is 0.642. The molecule has 1 unspecified atom stereocenters. The molecule has 1 atom stereocenters. The number of carbonyl (C=O) groups excluding carboxylic acids is 1. The van der Waals surface area contributed by atoms with Crippen LogP contribution in [-0.4, -0.2) is 21.7 Å². The Balaban J connectivity index is 2.65. The lowest BCUT2D eigenvalue weighted by Gasteiger charge is -2.02. The Hall–Kier alpha value is -1.36. The van der Waals surface area contributed by atoms with E-state index in [2.05, 4.69) is 5.10 Å². The van der Waals surface area contributed by atoms with E-state index >= 15 is 0 Å². The third-order valence-corrected chi connectivity index (χ3v) is 1.35. The van der Waals surface area contributed by atoms with Crippen molar-refractivity contribution in [3.05, 3.63) is 12.4 Å². The molecule has 0 spiro atoms. The van der Waals surface area contributed by atoms with Crippen molar-refractivity contribution in [3.63, 3.8) is 0 Å². The second-order valence-electron chi connectivity index (χ2n) is 2.79. The highest BCUT2D eigenvalue weighted by Crippen LogP contribution is 1.99. The first-order chi connectivity index (χ1) is 5.59. The molecule has 0 saturated heterocycles. The zero-order valence-electron chi connectivity index (χ0n) is 6.90. The summed E-state index contributed by atoms with van der Waals surface area (Å²) in [6, 6.07) is -0.150. The van der Waals surface area contributed by atoms with E-state index in [1.54, 1.807) is 6.92 Å². The minimum atomic E-state index is -0.150. The first-order valence-electron chi connectivity index (χ1n) is 3.68. The van der Waals surface area contributed by atoms with Crippen molar-refractivity contribution in [2.75, 3.05) is 5.73 Å². The zero-order valence-corrected chi connectivity index (χ0v) is 6.90. The first kappa shape index (κ1) is 8.73. The Morgan fingerprint density at radius 3 is 2.92 bits per heavy atom. The highest BCUT2D eigenvalue weighted by Gasteiger charge is 2.07. The van der Waals surface area contributed by atoms with Gasteiger partial charge in [-0.25, -0.2) is 4.68 Å². The maximum absolute atomic E-state index is 11.2. The van der Waals surface area contributed by atoms with Gasteiger partial charge in [-0.05, 0) is 6.92 Å². The van der Waals surface area contributed by atoms with Gasteiger partial charge in [0.25, 0.3) is 0 Å². The van der Waals surface area contributed by atoms with E-state index in [-0.39, 0.29) is 18.4 Å². The lowest BCUT2D eigenvalue weighted by atomic mass is 10.2. The van der Waals surface area contributed by atoms with Crippen LogP contribution in [0.2, 0.25) is 0 Å². The van der Waals surface area contributed by atoms with Gasteiger partial charge in [0, 0.05) is 12.5 Å². The number of rotatable bonds is 2. The van der Waals surface area contributed by atoms with Crippen LogP contribution in [0.1, 0.15) is 18.1 Å². The van der Waals surface area contributed by atoms with Gasteiger partial charge in [-0.2, -0.15) is 5.10 Å². The van der Waals surface area contributed by atoms with Crippen LogP contribution >= 0.6 is 0 Å². The molecule has 0 radical (unpaired) electrons. The predicted molar refractivity (Wildman–Crippen MR) is 45.5 cm³/mol. The van der Waals surface area contributed by atoms with Crippen molar-refractivity contribution in [3.8, 4) is 0 Å². The van der Waals surface area contributed by atoms with Gasteiger partial charge >= 0.3 is 0 Å². The molecule has 12 heavy (non-hydrogen) atoms. The second-order valence-corrected chi connectivity index (χ2v) is 2.79. The first-order valence-corrected chi connectivity index (χ1v) is 3.68. The normalized spacial score (nSPS) is 12.8. The van der Waals surface area contributed by atoms with Crippen LogP contribution in [0.5, 0.6) is 0 Å². The van der Waals surface area contributed by atoms with E-state index < -0.39 is 0 Å². The number of anilines is 1. The summed E-state index contributed by atoms with van der Waals surface area (Å²) in [5.41, 5.74) is 11.3. The van der Waals surface area contributed by atoms with Crippen molar-refractivity contribution in [2.24, 2.45) is 5.73 Å². The number of hydrogen-bond acceptors (Lipinski definition) is 4. The molecule has 66 valence electrons. The molecule has 0 aromatic carbocycles. The third-order valence-electron chi connectivity index (χ3n) is 1.35. The van der Waals surface area contributed by atoms with Crippen molar-refractivity contribution < 1.29 is 4.79 Å². The van der Waals surface area contributed by atoms with Crippen LogP contribution in [0.3, 0.4) is 0 Å². The summed E-state index contributed by atoms with van der Waals surface area (Å²) in [4.78, 5) is 11.2. The highest BCUT2D eigenvalue weighted by molar-refractivity contribution is 5.79. The molecular formula is C7H12N4O. The fourth-order valence-electron chi connectivity index (χ4n) is 0.842. The Morgan fingerprint density at radius 2 is 2.50 bits per heavy atom. The molecule has 1 rings (SSSR count). The molecule has 4 N–H and O–H groups in total. The monoisotopic (exact) mass is 168 g/mol. The van der Waals surface area contributed by atoms with Gasteiger partial charge in [-0.3, -0.25) is 4.79 Å². The summed E-state index contributed by atoms with van der Waals surface area (Å²) < 4.78 is 1.21. The molecule has 0 saturated carbocycles. The molecule has 0 aliphatic heterocycles. The Kier molecular flexibility index (Phi) is 2.44. The summed E-state index contributed by atoms with van der Waals surface area (Å²) in [5, 5.41) is 3.76. The van der Waals surface area contributed by atoms with Crippen LogP contribution in [0.25, 0.3) is 0 Å². The maximum Gasteiger partial charge on any atom is 0.248 e. The van der Waals surface area contributed by atoms with E-state index in [1.165, 1.54) is 17.1 Å². The van der Waals surface area contributed by atoms with Crippen LogP contribution in [0.15, 0.2) is 12.4 Å². The molecule has 1 aromatic rings. The fraction of sp³-hybridized carbons (Fsp3) is 0.429. The van der Waals surface area contributed by atoms with Gasteiger partial charge < -0.3 is 11.5 Å². The number of carbonyl (C=O) groups is 1. The van der Waals surface area contributed by atoms with Crippen LogP contribution in [-0.2, 0) is 0 Å². The van der Waals surface area contributed by atoms with Gasteiger partial charge in [0.2, 0.25) is 5.91 Å². The summed E-state index contributed by atoms with van der Waals surface area (Å²) >= 11 is 0. The third kappa shape index (κ3) is 2.06. The van der Waals surface area contributed by atoms with Gasteiger partial charge in [-0.1, -0.05) is 0 Å². The number of nitrogens with zero attached hydrogens (tertiary/aromatic N) is 2. The SMILES string of the molecule is CC(N)CC(=O)n1cc(N)cn1. The average molecular weight is 168 g/mol. The van der Waals surface area contributed by atoms with Crippen molar-refractivity contribution >= 4 is 11.6 Å². The van der Waals surface area contributed by atoms with Crippen LogP contribution in [0, 0.1) is 0 Å². The Labute approximate surface area is 70.3 Å². The molecule has 1 aromatic heterocycles. The average Bonchev–Trinajstić information content (AvgIpc) is 2.34. The smallest absolute Gasteiger partial charge is 0.248 e. The van der Waals surface area contributed by atoms with Crippen molar-refractivity contribution in [1.29, 1.82) is 0 Å². The molecule has 0 aliphatic rings. The molecule has 5 heteroatoms. The second kappa shape index (κ2) is 3.36. The van der Waals surface area contributed by atoms with Gasteiger partial charge in [0.05, 0.1) is 18.1 Å². The van der Waals surface area contributed by atoms with Crippen molar-refractivity contribution in [2.45, 2.75) is 19.4 Å². The Morgan fingerprint density at radius 1 is 1.83 bits per heavy atom. The standard InChI is InChI=1S/C7H12N4O/c1-5(8)2-7(12)11-4-6(9)3-10-11/h3-5H,2,8-9H2,1H3. The topological polar surface area (TPSA) is 86.9 Å². The number of aromatic nitrogens is 2. The predicted octanol–water partition coefficient (Wildman–Crippen LogP) is -0.157. The van der Waals surface area contributed by atoms with E-state index in [9.17, 15) is 4.79 Å². The van der Waals surface area contributed by atoms with E-state index in [4.69, 9.17) is 11.5 Å². The summed E-state index contributed by atoms with van der Waals surface area (Å²) in [7, 11) is 0. The molecular weight excluding hydrogens is 156 g/mol. The zero-order chi connectivity index (χ0) is 9.14. The Bertz CT molecular complexity index is 279. The molecule has 0 aliphatic carbocycles. The molecule has 5 nitrogen and oxygen atoms in total. The van der Waals surface area contributed by atoms with Crippen molar-refractivity contribution in [1.82, 2.24) is 9.78 Å². The molecule has 1 heterocycles. The van der Waals surface area contributed by atoms with E-state index in [0.29, 0.717) is 5.69 Å². The summed E-state index contributed by atoms with van der Waals surface area (Å²) in [5.74, 6) is -0.137. The minimum Gasteiger partial charge on any atom is -0.396 e. The fourth-order valence-corrected chi connectivity index (χ4v) is 0.842. The van der Waals surface area contributed by atoms with Crippen LogP contribution < -0.4 is 11.5 Å².